The second-order valence-electron chi connectivity index (χ2n) is 3.92. The SMILES string of the molecule is CC(N)(c1cccnc1)c1ccccc1F. The lowest BCUT2D eigenvalue weighted by atomic mass is 9.86. The van der Waals surface area contributed by atoms with Crippen molar-refractivity contribution in [2.75, 3.05) is 0 Å². The minimum atomic E-state index is -0.862. The molecule has 0 spiro atoms. The van der Waals surface area contributed by atoms with Gasteiger partial charge in [-0.15, -0.1) is 0 Å². The molecular weight excluding hydrogens is 203 g/mol. The van der Waals surface area contributed by atoms with Gasteiger partial charge in [-0.3, -0.25) is 4.98 Å². The fourth-order valence-electron chi connectivity index (χ4n) is 1.71. The van der Waals surface area contributed by atoms with Crippen LogP contribution < -0.4 is 5.73 Å². The average Bonchev–Trinajstić information content (AvgIpc) is 2.30. The van der Waals surface area contributed by atoms with Crippen molar-refractivity contribution < 1.29 is 4.39 Å². The lowest BCUT2D eigenvalue weighted by Gasteiger charge is -2.25. The molecule has 2 aromatic rings. The third-order valence-corrected chi connectivity index (χ3v) is 2.69. The highest BCUT2D eigenvalue weighted by Crippen LogP contribution is 2.27. The summed E-state index contributed by atoms with van der Waals surface area (Å²) in [7, 11) is 0. The van der Waals surface area contributed by atoms with Crippen LogP contribution in [0.3, 0.4) is 0 Å². The fourth-order valence-corrected chi connectivity index (χ4v) is 1.71. The van der Waals surface area contributed by atoms with Crippen LogP contribution in [0.25, 0.3) is 0 Å². The molecule has 3 heteroatoms. The molecule has 0 bridgehead atoms. The van der Waals surface area contributed by atoms with Crippen LogP contribution in [-0.4, -0.2) is 4.98 Å². The van der Waals surface area contributed by atoms with E-state index in [-0.39, 0.29) is 5.82 Å². The maximum atomic E-state index is 13.7. The Labute approximate surface area is 93.9 Å². The number of nitrogens with zero attached hydrogens (tertiary/aromatic N) is 1. The maximum Gasteiger partial charge on any atom is 0.128 e. The van der Waals surface area contributed by atoms with Gasteiger partial charge < -0.3 is 5.73 Å². The predicted octanol–water partition coefficient (Wildman–Crippen LogP) is 2.44. The van der Waals surface area contributed by atoms with Gasteiger partial charge in [0.15, 0.2) is 0 Å². The second-order valence-corrected chi connectivity index (χ2v) is 3.92. The zero-order valence-corrected chi connectivity index (χ0v) is 9.02. The van der Waals surface area contributed by atoms with Gasteiger partial charge in [-0.25, -0.2) is 4.39 Å². The summed E-state index contributed by atoms with van der Waals surface area (Å²) in [6, 6.07) is 10.2. The summed E-state index contributed by atoms with van der Waals surface area (Å²) in [6.07, 6.45) is 3.33. The van der Waals surface area contributed by atoms with E-state index >= 15 is 0 Å². The van der Waals surface area contributed by atoms with Crippen molar-refractivity contribution in [2.45, 2.75) is 12.5 Å². The predicted molar refractivity (Wildman–Crippen MR) is 61.3 cm³/mol. The van der Waals surface area contributed by atoms with E-state index in [1.165, 1.54) is 6.07 Å². The molecule has 16 heavy (non-hydrogen) atoms. The van der Waals surface area contributed by atoms with Gasteiger partial charge in [0.05, 0.1) is 5.54 Å². The Morgan fingerprint density at radius 2 is 1.94 bits per heavy atom. The standard InChI is InChI=1S/C13H13FN2/c1-13(15,10-5-4-8-16-9-10)11-6-2-3-7-12(11)14/h2-9H,15H2,1H3. The van der Waals surface area contributed by atoms with E-state index in [1.54, 1.807) is 43.6 Å². The normalized spacial score (nSPS) is 14.4. The third kappa shape index (κ3) is 1.82. The van der Waals surface area contributed by atoms with Gasteiger partial charge in [-0.2, -0.15) is 0 Å². The highest BCUT2D eigenvalue weighted by molar-refractivity contribution is 5.36. The molecule has 1 aromatic heterocycles. The Bertz CT molecular complexity index is 480. The van der Waals surface area contributed by atoms with E-state index in [1.807, 2.05) is 6.07 Å². The number of nitrogens with two attached hydrogens (primary N) is 1. The zero-order valence-electron chi connectivity index (χ0n) is 9.02. The summed E-state index contributed by atoms with van der Waals surface area (Å²) < 4.78 is 13.7. The molecule has 0 aliphatic carbocycles. The highest BCUT2D eigenvalue weighted by atomic mass is 19.1. The van der Waals surface area contributed by atoms with Gasteiger partial charge in [0, 0.05) is 18.0 Å². The van der Waals surface area contributed by atoms with E-state index in [2.05, 4.69) is 4.98 Å². The molecule has 0 fully saturated rings. The van der Waals surface area contributed by atoms with Crippen molar-refractivity contribution in [3.05, 3.63) is 65.7 Å². The Kier molecular flexibility index (Phi) is 2.71. The molecule has 2 nitrogen and oxygen atoms in total. The summed E-state index contributed by atoms with van der Waals surface area (Å²) in [5, 5.41) is 0. The highest BCUT2D eigenvalue weighted by Gasteiger charge is 2.26. The molecule has 0 aliphatic heterocycles. The van der Waals surface area contributed by atoms with Crippen molar-refractivity contribution in [1.82, 2.24) is 4.98 Å². The molecule has 2 rings (SSSR count). The molecule has 1 unspecified atom stereocenters. The first-order valence-electron chi connectivity index (χ1n) is 5.07. The van der Waals surface area contributed by atoms with Crippen molar-refractivity contribution in [3.63, 3.8) is 0 Å². The van der Waals surface area contributed by atoms with Crippen molar-refractivity contribution in [2.24, 2.45) is 5.73 Å². The van der Waals surface area contributed by atoms with E-state index in [0.717, 1.165) is 5.56 Å². The van der Waals surface area contributed by atoms with Crippen molar-refractivity contribution in [1.29, 1.82) is 0 Å². The monoisotopic (exact) mass is 216 g/mol. The topological polar surface area (TPSA) is 38.9 Å². The molecule has 2 N–H and O–H groups in total. The summed E-state index contributed by atoms with van der Waals surface area (Å²) in [4.78, 5) is 4.00. The fraction of sp³-hybridized carbons (Fsp3) is 0.154. The Hall–Kier alpha value is -1.74. The number of aromatic nitrogens is 1. The number of hydrogen-bond donors (Lipinski definition) is 1. The van der Waals surface area contributed by atoms with E-state index in [4.69, 9.17) is 5.73 Å². The van der Waals surface area contributed by atoms with Crippen LogP contribution in [-0.2, 0) is 5.54 Å². The minimum Gasteiger partial charge on any atom is -0.318 e. The van der Waals surface area contributed by atoms with Crippen LogP contribution in [0.1, 0.15) is 18.1 Å². The summed E-state index contributed by atoms with van der Waals surface area (Å²) in [6.45, 7) is 1.78. The van der Waals surface area contributed by atoms with Crippen molar-refractivity contribution in [3.8, 4) is 0 Å². The van der Waals surface area contributed by atoms with Crippen LogP contribution in [0.5, 0.6) is 0 Å². The molecule has 1 atom stereocenters. The molecule has 0 amide bonds. The van der Waals surface area contributed by atoms with Crippen LogP contribution in [0.2, 0.25) is 0 Å². The van der Waals surface area contributed by atoms with Gasteiger partial charge in [0.1, 0.15) is 5.82 Å². The van der Waals surface area contributed by atoms with Crippen molar-refractivity contribution >= 4 is 0 Å². The van der Waals surface area contributed by atoms with Gasteiger partial charge in [-0.05, 0) is 24.6 Å². The van der Waals surface area contributed by atoms with Crippen LogP contribution in [0, 0.1) is 5.82 Å². The smallest absolute Gasteiger partial charge is 0.128 e. The minimum absolute atomic E-state index is 0.295. The zero-order chi connectivity index (χ0) is 11.6. The molecule has 0 aliphatic rings. The Morgan fingerprint density at radius 3 is 2.56 bits per heavy atom. The molecule has 1 heterocycles. The average molecular weight is 216 g/mol. The number of hydrogen-bond acceptors (Lipinski definition) is 2. The molecule has 82 valence electrons. The van der Waals surface area contributed by atoms with E-state index < -0.39 is 5.54 Å². The largest absolute Gasteiger partial charge is 0.318 e. The Morgan fingerprint density at radius 1 is 1.19 bits per heavy atom. The maximum absolute atomic E-state index is 13.7. The van der Waals surface area contributed by atoms with Gasteiger partial charge in [-0.1, -0.05) is 24.3 Å². The first-order valence-corrected chi connectivity index (χ1v) is 5.07. The number of rotatable bonds is 2. The summed E-state index contributed by atoms with van der Waals surface area (Å²) in [5.74, 6) is -0.295. The molecule has 0 radical (unpaired) electrons. The lowest BCUT2D eigenvalue weighted by Crippen LogP contribution is -2.35. The van der Waals surface area contributed by atoms with Crippen LogP contribution >= 0.6 is 0 Å². The number of benzene rings is 1. The molecule has 0 saturated heterocycles. The molecule has 0 saturated carbocycles. The first kappa shape index (κ1) is 10.8. The van der Waals surface area contributed by atoms with Crippen LogP contribution in [0.15, 0.2) is 48.8 Å². The Balaban J connectivity index is 2.51. The number of halogens is 1. The lowest BCUT2D eigenvalue weighted by molar-refractivity contribution is 0.529. The molecular formula is C13H13FN2. The second kappa shape index (κ2) is 4.02. The quantitative estimate of drug-likeness (QED) is 0.837. The van der Waals surface area contributed by atoms with Gasteiger partial charge in [0.25, 0.3) is 0 Å². The third-order valence-electron chi connectivity index (χ3n) is 2.69. The summed E-state index contributed by atoms with van der Waals surface area (Å²) in [5.41, 5.74) is 6.59. The van der Waals surface area contributed by atoms with Crippen LogP contribution in [0.4, 0.5) is 4.39 Å². The number of pyridine rings is 1. The van der Waals surface area contributed by atoms with Gasteiger partial charge >= 0.3 is 0 Å². The van der Waals surface area contributed by atoms with E-state index in [9.17, 15) is 4.39 Å². The summed E-state index contributed by atoms with van der Waals surface area (Å²) >= 11 is 0. The van der Waals surface area contributed by atoms with E-state index in [0.29, 0.717) is 5.56 Å². The van der Waals surface area contributed by atoms with Gasteiger partial charge in [0.2, 0.25) is 0 Å². The molecule has 1 aromatic carbocycles. The first-order chi connectivity index (χ1) is 7.62.